The summed E-state index contributed by atoms with van der Waals surface area (Å²) in [7, 11) is 0. The molecule has 11 heteroatoms. The maximum atomic E-state index is 12.4. The fourth-order valence-corrected chi connectivity index (χ4v) is 3.35. The molecule has 2 heterocycles. The molecule has 0 aliphatic carbocycles. The maximum absolute atomic E-state index is 12.4. The lowest BCUT2D eigenvalue weighted by Gasteiger charge is -2.40. The number of rotatable bonds is 5. The number of hydrogen-bond acceptors (Lipinski definition) is 9. The molecule has 2 amide bonds. The van der Waals surface area contributed by atoms with Gasteiger partial charge in [-0.15, -0.1) is 0 Å². The summed E-state index contributed by atoms with van der Waals surface area (Å²) in [5.74, 6) is 3.91. The highest BCUT2D eigenvalue weighted by atomic mass is 35.5. The van der Waals surface area contributed by atoms with Crippen LogP contribution < -0.4 is 5.84 Å². The minimum absolute atomic E-state index is 0.105. The van der Waals surface area contributed by atoms with Crippen molar-refractivity contribution in [2.75, 3.05) is 6.61 Å². The third kappa shape index (κ3) is 4.40. The molecule has 30 heavy (non-hydrogen) atoms. The smallest absolute Gasteiger partial charge is 0.310 e. The van der Waals surface area contributed by atoms with Crippen molar-refractivity contribution in [2.45, 2.75) is 36.9 Å². The van der Waals surface area contributed by atoms with Crippen molar-refractivity contribution in [1.29, 1.82) is 0 Å². The van der Waals surface area contributed by atoms with Crippen molar-refractivity contribution in [1.82, 2.24) is 5.01 Å². The van der Waals surface area contributed by atoms with Gasteiger partial charge in [0, 0.05) is 5.02 Å². The molecule has 5 unspecified atom stereocenters. The Bertz CT molecular complexity index is 904. The Morgan fingerprint density at radius 1 is 1.13 bits per heavy atom. The van der Waals surface area contributed by atoms with Gasteiger partial charge in [0.15, 0.2) is 5.76 Å². The van der Waals surface area contributed by atoms with Crippen LogP contribution in [0.1, 0.15) is 27.8 Å². The Morgan fingerprint density at radius 3 is 2.50 bits per heavy atom. The van der Waals surface area contributed by atoms with Gasteiger partial charge in [-0.1, -0.05) is 23.7 Å². The Kier molecular flexibility index (Phi) is 6.88. The van der Waals surface area contributed by atoms with E-state index in [2.05, 4.69) is 0 Å². The number of aliphatic hydroxyl groups is 4. The lowest BCUT2D eigenvalue weighted by molar-refractivity contribution is -0.231. The predicted molar refractivity (Wildman–Crippen MR) is 102 cm³/mol. The van der Waals surface area contributed by atoms with Crippen LogP contribution in [-0.2, 0) is 16.0 Å². The van der Waals surface area contributed by atoms with E-state index >= 15 is 0 Å². The SMILES string of the molecule is NN(C(=O)Cc1cc(C2OC(CO)C(O)C(O)C2O)ccc1Cl)C(=O)c1ccco1. The van der Waals surface area contributed by atoms with Gasteiger partial charge in [0.1, 0.15) is 30.5 Å². The number of aliphatic hydroxyl groups excluding tert-OH is 4. The average molecular weight is 441 g/mol. The third-order valence-electron chi connectivity index (χ3n) is 4.85. The Hall–Kier alpha value is -2.31. The van der Waals surface area contributed by atoms with Crippen molar-refractivity contribution in [3.63, 3.8) is 0 Å². The van der Waals surface area contributed by atoms with Crippen molar-refractivity contribution < 1.29 is 39.2 Å². The minimum atomic E-state index is -1.55. The number of furan rings is 1. The van der Waals surface area contributed by atoms with Gasteiger partial charge in [0.2, 0.25) is 5.91 Å². The van der Waals surface area contributed by atoms with Crippen molar-refractivity contribution in [2.24, 2.45) is 5.84 Å². The Labute approximate surface area is 176 Å². The van der Waals surface area contributed by atoms with E-state index in [1.807, 2.05) is 0 Å². The van der Waals surface area contributed by atoms with E-state index in [4.69, 9.17) is 26.6 Å². The van der Waals surface area contributed by atoms with Crippen molar-refractivity contribution in [3.05, 3.63) is 58.5 Å². The monoisotopic (exact) mass is 440 g/mol. The fourth-order valence-electron chi connectivity index (χ4n) is 3.16. The molecular weight excluding hydrogens is 420 g/mol. The summed E-state index contributed by atoms with van der Waals surface area (Å²) in [6.45, 7) is -0.572. The van der Waals surface area contributed by atoms with Gasteiger partial charge in [-0.3, -0.25) is 9.59 Å². The summed E-state index contributed by atoms with van der Waals surface area (Å²) in [4.78, 5) is 24.6. The highest BCUT2D eigenvalue weighted by Crippen LogP contribution is 2.34. The normalized spacial score (nSPS) is 26.4. The van der Waals surface area contributed by atoms with Crippen LogP contribution in [0.4, 0.5) is 0 Å². The topological polar surface area (TPSA) is 167 Å². The first-order chi connectivity index (χ1) is 14.2. The minimum Gasteiger partial charge on any atom is -0.459 e. The lowest BCUT2D eigenvalue weighted by Crippen LogP contribution is -2.55. The summed E-state index contributed by atoms with van der Waals surface area (Å²) in [6, 6.07) is 7.26. The first kappa shape index (κ1) is 22.4. The molecule has 0 saturated carbocycles. The number of hydrogen-bond donors (Lipinski definition) is 5. The highest BCUT2D eigenvalue weighted by Gasteiger charge is 2.44. The van der Waals surface area contributed by atoms with Gasteiger partial charge in [-0.25, -0.2) is 10.9 Å². The number of nitrogens with two attached hydrogens (primary N) is 1. The number of benzene rings is 1. The molecule has 1 aliphatic rings. The van der Waals surface area contributed by atoms with E-state index in [1.54, 1.807) is 0 Å². The van der Waals surface area contributed by atoms with Crippen LogP contribution in [0.2, 0.25) is 5.02 Å². The Balaban J connectivity index is 1.80. The quantitative estimate of drug-likeness (QED) is 0.234. The molecule has 1 aromatic carbocycles. The molecular formula is C19H21ClN2O8. The first-order valence-corrected chi connectivity index (χ1v) is 9.36. The van der Waals surface area contributed by atoms with Crippen LogP contribution in [0.3, 0.4) is 0 Å². The van der Waals surface area contributed by atoms with Crippen molar-refractivity contribution >= 4 is 23.4 Å². The summed E-state index contributed by atoms with van der Waals surface area (Å²) in [5.41, 5.74) is 0.638. The molecule has 0 spiro atoms. The lowest BCUT2D eigenvalue weighted by atomic mass is 9.90. The van der Waals surface area contributed by atoms with Crippen LogP contribution >= 0.6 is 11.6 Å². The van der Waals surface area contributed by atoms with Gasteiger partial charge in [0.05, 0.1) is 19.3 Å². The van der Waals surface area contributed by atoms with Gasteiger partial charge in [0.25, 0.3) is 0 Å². The second-order valence-corrected chi connectivity index (χ2v) is 7.23. The number of imide groups is 1. The van der Waals surface area contributed by atoms with Crippen LogP contribution in [0.25, 0.3) is 0 Å². The zero-order valence-corrected chi connectivity index (χ0v) is 16.3. The highest BCUT2D eigenvalue weighted by molar-refractivity contribution is 6.31. The number of carbonyl (C=O) groups excluding carboxylic acids is 2. The summed E-state index contributed by atoms with van der Waals surface area (Å²) in [6.07, 6.45) is -5.77. The molecule has 10 nitrogen and oxygen atoms in total. The largest absolute Gasteiger partial charge is 0.459 e. The molecule has 0 radical (unpaired) electrons. The first-order valence-electron chi connectivity index (χ1n) is 8.99. The van der Waals surface area contributed by atoms with E-state index < -0.39 is 48.9 Å². The molecule has 1 aliphatic heterocycles. The van der Waals surface area contributed by atoms with Crippen LogP contribution in [0.5, 0.6) is 0 Å². The predicted octanol–water partition coefficient (Wildman–Crippen LogP) is -0.467. The third-order valence-corrected chi connectivity index (χ3v) is 5.22. The molecule has 162 valence electrons. The average Bonchev–Trinajstić information content (AvgIpc) is 3.28. The number of carbonyl (C=O) groups is 2. The van der Waals surface area contributed by atoms with Gasteiger partial charge in [-0.2, -0.15) is 0 Å². The number of hydrazine groups is 1. The molecule has 1 saturated heterocycles. The number of halogens is 1. The van der Waals surface area contributed by atoms with E-state index in [0.29, 0.717) is 16.1 Å². The number of nitrogens with zero attached hydrogens (tertiary/aromatic N) is 1. The molecule has 2 aromatic rings. The molecule has 1 fully saturated rings. The zero-order chi connectivity index (χ0) is 22.0. The maximum Gasteiger partial charge on any atom is 0.310 e. The van der Waals surface area contributed by atoms with E-state index in [0.717, 1.165) is 0 Å². The summed E-state index contributed by atoms with van der Waals surface area (Å²) in [5, 5.41) is 40.1. The molecule has 3 rings (SSSR count). The van der Waals surface area contributed by atoms with Gasteiger partial charge >= 0.3 is 5.91 Å². The van der Waals surface area contributed by atoms with Crippen LogP contribution in [0, 0.1) is 0 Å². The number of ether oxygens (including phenoxy) is 1. The second kappa shape index (κ2) is 9.23. The molecule has 0 bridgehead atoms. The number of amides is 2. The van der Waals surface area contributed by atoms with E-state index in [-0.39, 0.29) is 17.2 Å². The molecule has 1 aromatic heterocycles. The zero-order valence-electron chi connectivity index (χ0n) is 15.6. The van der Waals surface area contributed by atoms with E-state index in [9.17, 15) is 30.0 Å². The fraction of sp³-hybridized carbons (Fsp3) is 0.368. The molecule has 5 atom stereocenters. The van der Waals surface area contributed by atoms with Crippen LogP contribution in [-0.4, -0.2) is 68.3 Å². The summed E-state index contributed by atoms with van der Waals surface area (Å²) >= 11 is 6.16. The standard InChI is InChI=1S/C19H21ClN2O8/c20-11-4-3-9(18-17(27)16(26)15(25)13(8-23)30-18)6-10(11)7-14(24)22(21)19(28)12-2-1-5-29-12/h1-6,13,15-18,23,25-27H,7-8,21H2. The molecule has 6 N–H and O–H groups in total. The van der Waals surface area contributed by atoms with Crippen LogP contribution in [0.15, 0.2) is 41.0 Å². The second-order valence-electron chi connectivity index (χ2n) is 6.82. The Morgan fingerprint density at radius 2 is 1.87 bits per heavy atom. The van der Waals surface area contributed by atoms with Gasteiger partial charge < -0.3 is 29.6 Å². The van der Waals surface area contributed by atoms with E-state index in [1.165, 1.54) is 36.6 Å². The van der Waals surface area contributed by atoms with Gasteiger partial charge in [-0.05, 0) is 29.3 Å². The van der Waals surface area contributed by atoms with Crippen molar-refractivity contribution in [3.8, 4) is 0 Å². The summed E-state index contributed by atoms with van der Waals surface area (Å²) < 4.78 is 10.4.